The second-order valence-corrected chi connectivity index (χ2v) is 9.33. The van der Waals surface area contributed by atoms with Gasteiger partial charge in [0.05, 0.1) is 17.3 Å². The Balaban J connectivity index is 1.85. The molecule has 1 unspecified atom stereocenters. The van der Waals surface area contributed by atoms with E-state index >= 15 is 0 Å². The number of nitrogens with one attached hydrogen (secondary N) is 3. The van der Waals surface area contributed by atoms with Crippen LogP contribution < -0.4 is 16.2 Å². The van der Waals surface area contributed by atoms with Crippen molar-refractivity contribution >= 4 is 23.7 Å². The van der Waals surface area contributed by atoms with Crippen LogP contribution in [0.15, 0.2) is 65.5 Å². The molecule has 1 atom stereocenters. The molecule has 10 heteroatoms. The van der Waals surface area contributed by atoms with Gasteiger partial charge in [-0.25, -0.2) is 9.89 Å². The van der Waals surface area contributed by atoms with Gasteiger partial charge in [0.15, 0.2) is 6.61 Å². The minimum Gasteiger partial charge on any atom is -0.456 e. The third-order valence-electron chi connectivity index (χ3n) is 5.04. The number of rotatable bonds is 8. The molecular formula is C27H30N4O6. The summed E-state index contributed by atoms with van der Waals surface area (Å²) >= 11 is 0. The van der Waals surface area contributed by atoms with Crippen LogP contribution in [0.4, 0.5) is 10.5 Å². The van der Waals surface area contributed by atoms with Gasteiger partial charge in [0.1, 0.15) is 5.60 Å². The van der Waals surface area contributed by atoms with E-state index in [-0.39, 0.29) is 0 Å². The average Bonchev–Trinajstić information content (AvgIpc) is 2.83. The van der Waals surface area contributed by atoms with Crippen LogP contribution in [0.1, 0.15) is 45.0 Å². The molecule has 1 aromatic heterocycles. The minimum atomic E-state index is -0.680. The zero-order chi connectivity index (χ0) is 27.0. The van der Waals surface area contributed by atoms with Gasteiger partial charge in [-0.3, -0.25) is 14.4 Å². The molecule has 0 aliphatic carbocycles. The highest BCUT2D eigenvalue weighted by atomic mass is 16.6. The summed E-state index contributed by atoms with van der Waals surface area (Å²) in [6, 6.07) is 17.2. The van der Waals surface area contributed by atoms with Crippen molar-refractivity contribution in [3.05, 3.63) is 82.3 Å². The number of aromatic nitrogens is 2. The number of esters is 1. The molecule has 0 saturated heterocycles. The number of aromatic amines is 1. The molecular weight excluding hydrogens is 476 g/mol. The number of hydrogen-bond acceptors (Lipinski definition) is 7. The maximum atomic E-state index is 12.6. The highest BCUT2D eigenvalue weighted by Crippen LogP contribution is 2.23. The molecule has 3 aromatic rings. The molecule has 10 nitrogen and oxygen atoms in total. The van der Waals surface area contributed by atoms with Crippen LogP contribution in [0.25, 0.3) is 11.1 Å². The van der Waals surface area contributed by atoms with Crippen LogP contribution in [-0.2, 0) is 25.5 Å². The van der Waals surface area contributed by atoms with Crippen LogP contribution in [0.5, 0.6) is 0 Å². The Morgan fingerprint density at radius 1 is 1.03 bits per heavy atom. The first-order valence-electron chi connectivity index (χ1n) is 11.7. The second-order valence-electron chi connectivity index (χ2n) is 9.33. The highest BCUT2D eigenvalue weighted by molar-refractivity contribution is 5.92. The van der Waals surface area contributed by atoms with E-state index in [9.17, 15) is 19.2 Å². The van der Waals surface area contributed by atoms with Crippen molar-refractivity contribution in [2.45, 2.75) is 45.8 Å². The molecule has 0 saturated carbocycles. The largest absolute Gasteiger partial charge is 0.456 e. The van der Waals surface area contributed by atoms with E-state index in [0.29, 0.717) is 28.9 Å². The maximum Gasteiger partial charge on any atom is 0.408 e. The molecule has 3 rings (SSSR count). The summed E-state index contributed by atoms with van der Waals surface area (Å²) in [6.07, 6.45) is -0.178. The minimum absolute atomic E-state index is 0.340. The number of ether oxygens (including phenoxy) is 2. The first-order valence-corrected chi connectivity index (χ1v) is 11.7. The van der Waals surface area contributed by atoms with Crippen molar-refractivity contribution in [2.75, 3.05) is 11.9 Å². The number of H-pyrrole nitrogens is 1. The molecule has 0 aliphatic rings. The summed E-state index contributed by atoms with van der Waals surface area (Å²) < 4.78 is 10.1. The fraction of sp³-hybridized carbons (Fsp3) is 0.296. The topological polar surface area (TPSA) is 139 Å². The van der Waals surface area contributed by atoms with Crippen molar-refractivity contribution < 1.29 is 23.9 Å². The Morgan fingerprint density at radius 2 is 1.70 bits per heavy atom. The molecule has 2 aromatic carbocycles. The summed E-state index contributed by atoms with van der Waals surface area (Å²) in [7, 11) is 0. The van der Waals surface area contributed by atoms with Gasteiger partial charge in [0, 0.05) is 12.6 Å². The van der Waals surface area contributed by atoms with Gasteiger partial charge in [-0.05, 0) is 56.5 Å². The zero-order valence-electron chi connectivity index (χ0n) is 21.2. The summed E-state index contributed by atoms with van der Waals surface area (Å²) in [5.41, 5.74) is 1.71. The molecule has 0 fully saturated rings. The van der Waals surface area contributed by atoms with Crippen LogP contribution in [-0.4, -0.2) is 40.4 Å². The van der Waals surface area contributed by atoms with Crippen molar-refractivity contribution in [2.24, 2.45) is 0 Å². The van der Waals surface area contributed by atoms with Crippen LogP contribution >= 0.6 is 0 Å². The molecule has 0 spiro atoms. The lowest BCUT2D eigenvalue weighted by Gasteiger charge is -2.23. The number of alkyl carbamates (subject to hydrolysis) is 1. The molecule has 2 amide bonds. The Kier molecular flexibility index (Phi) is 8.78. The summed E-state index contributed by atoms with van der Waals surface area (Å²) in [6.45, 7) is 6.15. The monoisotopic (exact) mass is 506 g/mol. The van der Waals surface area contributed by atoms with E-state index < -0.39 is 41.8 Å². The van der Waals surface area contributed by atoms with Crippen LogP contribution in [0, 0.1) is 0 Å². The number of anilines is 1. The normalized spacial score (nSPS) is 11.8. The Bertz CT molecular complexity index is 1300. The average molecular weight is 507 g/mol. The number of nitrogens with zero attached hydrogens (tertiary/aromatic N) is 1. The fourth-order valence-corrected chi connectivity index (χ4v) is 3.44. The first kappa shape index (κ1) is 27.1. The lowest BCUT2D eigenvalue weighted by molar-refractivity contribution is -0.144. The van der Waals surface area contributed by atoms with Gasteiger partial charge in [-0.2, -0.15) is 5.10 Å². The van der Waals surface area contributed by atoms with Crippen LogP contribution in [0.3, 0.4) is 0 Å². The molecule has 1 heterocycles. The lowest BCUT2D eigenvalue weighted by atomic mass is 10.0. The third kappa shape index (κ3) is 8.60. The number of carbonyl (C=O) groups is 3. The summed E-state index contributed by atoms with van der Waals surface area (Å²) in [5.74, 6) is -1.03. The molecule has 0 radical (unpaired) electrons. The standard InChI is InChI=1S/C27H30N4O6/c1-17(32)36-16-24(33)28-20-12-10-19(11-13-20)21-15-23(30-31-25(21)34)22(14-18-8-6-5-7-9-18)29-26(35)37-27(2,3)4/h5-13,15,22H,14,16H2,1-4H3,(H,28,33)(H,29,35)(H,31,34). The van der Waals surface area contributed by atoms with E-state index in [1.54, 1.807) is 51.1 Å². The van der Waals surface area contributed by atoms with Crippen molar-refractivity contribution in [3.8, 4) is 11.1 Å². The number of benzene rings is 2. The predicted octanol–water partition coefficient (Wildman–Crippen LogP) is 3.75. The van der Waals surface area contributed by atoms with E-state index in [4.69, 9.17) is 4.74 Å². The third-order valence-corrected chi connectivity index (χ3v) is 5.04. The second kappa shape index (κ2) is 12.0. The smallest absolute Gasteiger partial charge is 0.408 e. The van der Waals surface area contributed by atoms with Crippen molar-refractivity contribution in [1.29, 1.82) is 0 Å². The van der Waals surface area contributed by atoms with E-state index in [0.717, 1.165) is 5.56 Å². The Morgan fingerprint density at radius 3 is 2.32 bits per heavy atom. The molecule has 3 N–H and O–H groups in total. The van der Waals surface area contributed by atoms with Gasteiger partial charge >= 0.3 is 12.1 Å². The van der Waals surface area contributed by atoms with Crippen LogP contribution in [0.2, 0.25) is 0 Å². The van der Waals surface area contributed by atoms with E-state index in [1.165, 1.54) is 6.92 Å². The van der Waals surface area contributed by atoms with Gasteiger partial charge in [0.2, 0.25) is 0 Å². The molecule has 194 valence electrons. The molecule has 0 aliphatic heterocycles. The van der Waals surface area contributed by atoms with Gasteiger partial charge in [-0.1, -0.05) is 42.5 Å². The molecule has 37 heavy (non-hydrogen) atoms. The number of carbonyl (C=O) groups excluding carboxylic acids is 3. The van der Waals surface area contributed by atoms with E-state index in [1.807, 2.05) is 30.3 Å². The fourth-order valence-electron chi connectivity index (χ4n) is 3.44. The first-order chi connectivity index (χ1) is 17.5. The predicted molar refractivity (Wildman–Crippen MR) is 138 cm³/mol. The maximum absolute atomic E-state index is 12.6. The summed E-state index contributed by atoms with van der Waals surface area (Å²) in [4.78, 5) is 47.9. The lowest BCUT2D eigenvalue weighted by Crippen LogP contribution is -2.36. The zero-order valence-corrected chi connectivity index (χ0v) is 21.2. The van der Waals surface area contributed by atoms with Gasteiger partial charge < -0.3 is 20.1 Å². The highest BCUT2D eigenvalue weighted by Gasteiger charge is 2.23. The van der Waals surface area contributed by atoms with Crippen molar-refractivity contribution in [1.82, 2.24) is 15.5 Å². The Labute approximate surface area is 214 Å². The summed E-state index contributed by atoms with van der Waals surface area (Å²) in [5, 5.41) is 12.2. The van der Waals surface area contributed by atoms with Gasteiger partial charge in [0.25, 0.3) is 11.5 Å². The molecule has 0 bridgehead atoms. The van der Waals surface area contributed by atoms with Gasteiger partial charge in [-0.15, -0.1) is 0 Å². The Hall–Kier alpha value is -4.47. The van der Waals surface area contributed by atoms with Crippen molar-refractivity contribution in [3.63, 3.8) is 0 Å². The quantitative estimate of drug-likeness (QED) is 0.395. The number of hydrogen-bond donors (Lipinski definition) is 3. The van der Waals surface area contributed by atoms with E-state index in [2.05, 4.69) is 25.6 Å². The SMILES string of the molecule is CC(=O)OCC(=O)Nc1ccc(-c2cc(C(Cc3ccccc3)NC(=O)OC(C)(C)C)n[nH]c2=O)cc1. The number of amides is 2.